The molecule has 7 rings (SSSR count). The molecule has 5 fully saturated rings. The lowest BCUT2D eigenvalue weighted by Crippen LogP contribution is -2.66. The van der Waals surface area contributed by atoms with Gasteiger partial charge >= 0.3 is 0 Å². The van der Waals surface area contributed by atoms with Gasteiger partial charge in [0.2, 0.25) is 0 Å². The van der Waals surface area contributed by atoms with Gasteiger partial charge in [0, 0.05) is 30.1 Å². The highest BCUT2D eigenvalue weighted by molar-refractivity contribution is 7.80. The summed E-state index contributed by atoms with van der Waals surface area (Å²) in [6.45, 7) is 1.04. The van der Waals surface area contributed by atoms with Crippen molar-refractivity contribution < 1.29 is 0 Å². The number of nitrogens with two attached hydrogens (primary N) is 1. The number of rotatable bonds is 6. The zero-order chi connectivity index (χ0) is 24.0. The van der Waals surface area contributed by atoms with Gasteiger partial charge in [-0.2, -0.15) is 0 Å². The zero-order valence-corrected chi connectivity index (χ0v) is 22.0. The first-order valence-corrected chi connectivity index (χ1v) is 14.2. The summed E-state index contributed by atoms with van der Waals surface area (Å²) in [5, 5.41) is 3.91. The Bertz CT molecular complexity index is 1010. The van der Waals surface area contributed by atoms with Crippen LogP contribution in [0, 0.1) is 17.3 Å². The first-order chi connectivity index (χ1) is 17.0. The summed E-state index contributed by atoms with van der Waals surface area (Å²) in [5.74, 6) is 1.40. The van der Waals surface area contributed by atoms with Crippen molar-refractivity contribution in [2.24, 2.45) is 23.0 Å². The Balaban J connectivity index is 1.27. The summed E-state index contributed by atoms with van der Waals surface area (Å²) in [4.78, 5) is 3.85. The summed E-state index contributed by atoms with van der Waals surface area (Å²) < 4.78 is 0. The van der Waals surface area contributed by atoms with Crippen LogP contribution in [-0.4, -0.2) is 35.1 Å². The molecule has 0 radical (unpaired) electrons. The molecule has 0 amide bonds. The lowest BCUT2D eigenvalue weighted by Gasteiger charge is -2.66. The van der Waals surface area contributed by atoms with Crippen LogP contribution in [0.2, 0.25) is 0 Å². The Labute approximate surface area is 216 Å². The van der Waals surface area contributed by atoms with E-state index in [-0.39, 0.29) is 10.8 Å². The highest BCUT2D eigenvalue weighted by atomic mass is 32.1. The van der Waals surface area contributed by atoms with Crippen molar-refractivity contribution in [3.05, 3.63) is 71.8 Å². The van der Waals surface area contributed by atoms with E-state index in [2.05, 4.69) is 77.9 Å². The molecular formula is C31H41N3S. The van der Waals surface area contributed by atoms with Crippen molar-refractivity contribution in [1.82, 2.24) is 10.2 Å². The van der Waals surface area contributed by atoms with E-state index in [0.29, 0.717) is 30.0 Å². The van der Waals surface area contributed by atoms with Gasteiger partial charge in [-0.3, -0.25) is 4.90 Å². The van der Waals surface area contributed by atoms with E-state index >= 15 is 0 Å². The van der Waals surface area contributed by atoms with E-state index in [9.17, 15) is 0 Å². The summed E-state index contributed by atoms with van der Waals surface area (Å²) in [6.07, 6.45) is 10.9. The van der Waals surface area contributed by atoms with Crippen LogP contribution in [0.5, 0.6) is 0 Å². The second-order valence-electron chi connectivity index (χ2n) is 12.4. The van der Waals surface area contributed by atoms with Crippen LogP contribution >= 0.6 is 12.2 Å². The number of nitrogens with zero attached hydrogens (tertiary/aromatic N) is 1. The Morgan fingerprint density at radius 2 is 1.51 bits per heavy atom. The maximum Gasteiger partial charge on any atom is 0.0818 e. The summed E-state index contributed by atoms with van der Waals surface area (Å²) in [7, 11) is 2.36. The highest BCUT2D eigenvalue weighted by Gasteiger charge is 2.63. The number of hydrogen-bond donors (Lipinski definition) is 2. The van der Waals surface area contributed by atoms with Crippen molar-refractivity contribution >= 4 is 17.2 Å². The second kappa shape index (κ2) is 9.28. The zero-order valence-electron chi connectivity index (χ0n) is 21.2. The molecule has 0 aliphatic heterocycles. The minimum absolute atomic E-state index is 0.153. The van der Waals surface area contributed by atoms with E-state index in [4.69, 9.17) is 18.0 Å². The van der Waals surface area contributed by atoms with Gasteiger partial charge in [-0.25, -0.2) is 0 Å². The van der Waals surface area contributed by atoms with Gasteiger partial charge in [0.05, 0.1) is 4.99 Å². The average Bonchev–Trinajstić information content (AvgIpc) is 2.86. The van der Waals surface area contributed by atoms with Gasteiger partial charge in [-0.1, -0.05) is 72.9 Å². The largest absolute Gasteiger partial charge is 0.376 e. The van der Waals surface area contributed by atoms with Crippen LogP contribution in [0.4, 0.5) is 0 Å². The van der Waals surface area contributed by atoms with Gasteiger partial charge < -0.3 is 11.1 Å². The molecule has 0 aromatic heterocycles. The Morgan fingerprint density at radius 3 is 2.14 bits per heavy atom. The molecular weight excluding hydrogens is 446 g/mol. The molecule has 186 valence electrons. The molecule has 5 saturated carbocycles. The van der Waals surface area contributed by atoms with E-state index in [1.165, 1.54) is 42.7 Å². The Kier molecular flexibility index (Phi) is 6.27. The highest BCUT2D eigenvalue weighted by Crippen LogP contribution is 2.66. The number of nitrogens with one attached hydrogen (secondary N) is 1. The minimum atomic E-state index is 0.153. The van der Waals surface area contributed by atoms with Gasteiger partial charge in [-0.15, -0.1) is 0 Å². The average molecular weight is 488 g/mol. The number of thiocarbonyl (C=S) groups is 1. The molecule has 0 heterocycles. The molecule has 2 unspecified atom stereocenters. The van der Waals surface area contributed by atoms with Gasteiger partial charge in [0.1, 0.15) is 0 Å². The topological polar surface area (TPSA) is 41.3 Å². The normalized spacial score (nSPS) is 38.0. The first-order valence-electron chi connectivity index (χ1n) is 13.8. The monoisotopic (exact) mass is 487 g/mol. The molecule has 4 bridgehead atoms. The molecule has 5 aliphatic carbocycles. The van der Waals surface area contributed by atoms with Crippen molar-refractivity contribution in [3.8, 4) is 0 Å². The lowest BCUT2D eigenvalue weighted by molar-refractivity contribution is -0.0971. The predicted octanol–water partition coefficient (Wildman–Crippen LogP) is 5.82. The molecule has 0 saturated heterocycles. The maximum atomic E-state index is 6.31. The van der Waals surface area contributed by atoms with Gasteiger partial charge in [0.25, 0.3) is 0 Å². The van der Waals surface area contributed by atoms with E-state index in [1.807, 2.05) is 0 Å². The molecule has 2 aromatic rings. The quantitative estimate of drug-likeness (QED) is 0.504. The van der Waals surface area contributed by atoms with Crippen LogP contribution in [0.25, 0.3) is 0 Å². The van der Waals surface area contributed by atoms with Crippen molar-refractivity contribution in [3.63, 3.8) is 0 Å². The van der Waals surface area contributed by atoms with Crippen LogP contribution < -0.4 is 11.1 Å². The van der Waals surface area contributed by atoms with E-state index in [0.717, 1.165) is 32.2 Å². The van der Waals surface area contributed by atoms with Gasteiger partial charge in [-0.05, 0) is 93.2 Å². The van der Waals surface area contributed by atoms with Crippen LogP contribution in [0.1, 0.15) is 68.9 Å². The molecule has 4 heteroatoms. The molecule has 3 nitrogen and oxygen atoms in total. The summed E-state index contributed by atoms with van der Waals surface area (Å²) in [5.41, 5.74) is 9.59. The van der Waals surface area contributed by atoms with Crippen molar-refractivity contribution in [2.45, 2.75) is 87.9 Å². The molecule has 2 aromatic carbocycles. The molecule has 3 N–H and O–H groups in total. The second-order valence-corrected chi connectivity index (χ2v) is 12.8. The van der Waals surface area contributed by atoms with E-state index < -0.39 is 0 Å². The molecule has 2 atom stereocenters. The third-order valence-corrected chi connectivity index (χ3v) is 10.6. The number of benzene rings is 2. The molecule has 0 spiro atoms. The van der Waals surface area contributed by atoms with Crippen LogP contribution in [0.15, 0.2) is 60.7 Å². The maximum absolute atomic E-state index is 6.31. The minimum Gasteiger partial charge on any atom is -0.376 e. The number of hydrogen-bond acceptors (Lipinski definition) is 3. The fourth-order valence-electron chi connectivity index (χ4n) is 8.82. The predicted molar refractivity (Wildman–Crippen MR) is 148 cm³/mol. The lowest BCUT2D eigenvalue weighted by atomic mass is 9.41. The Hall–Kier alpha value is -1.75. The Morgan fingerprint density at radius 1 is 0.914 bits per heavy atom. The van der Waals surface area contributed by atoms with Crippen LogP contribution in [0.3, 0.4) is 0 Å². The fraction of sp³-hybridized carbons (Fsp3) is 0.581. The smallest absolute Gasteiger partial charge is 0.0818 e. The fourth-order valence-corrected chi connectivity index (χ4v) is 9.22. The summed E-state index contributed by atoms with van der Waals surface area (Å²) >= 11 is 6.31. The summed E-state index contributed by atoms with van der Waals surface area (Å²) in [6, 6.07) is 24.0. The third kappa shape index (κ3) is 4.36. The first kappa shape index (κ1) is 23.6. The SMILES string of the molecule is CN(Cc1ccccc1)C1C2CC3(C(=S)N[C@H]4CC[C@H](N)CC4)CC1CC(c1ccccc1)(C2)C3. The third-order valence-electron chi connectivity index (χ3n) is 10.0. The standard InChI is InChI=1S/C31H41N3S/c1-34(20-22-8-4-2-5-9-22)28-23-16-30(25-10-6-3-7-11-25)17-24(28)19-31(18-23,21-30)29(35)33-27-14-12-26(32)13-15-27/h2-11,23-24,26-28H,12-21,32H2,1H3,(H,33,35)/t23?,24?,26-,27-,28?,30?,31?. The van der Waals surface area contributed by atoms with Crippen molar-refractivity contribution in [1.29, 1.82) is 0 Å². The van der Waals surface area contributed by atoms with Crippen LogP contribution in [-0.2, 0) is 12.0 Å². The van der Waals surface area contributed by atoms with Crippen molar-refractivity contribution in [2.75, 3.05) is 7.05 Å². The van der Waals surface area contributed by atoms with E-state index in [1.54, 1.807) is 5.56 Å². The molecule has 5 aliphatic rings. The van der Waals surface area contributed by atoms with Gasteiger partial charge in [0.15, 0.2) is 0 Å². The molecule has 35 heavy (non-hydrogen) atoms.